The van der Waals surface area contributed by atoms with Gasteiger partial charge in [0.25, 0.3) is 5.91 Å². The Hall–Kier alpha value is -1.59. The third-order valence-corrected chi connectivity index (χ3v) is 2.95. The summed E-state index contributed by atoms with van der Waals surface area (Å²) in [5.74, 6) is -0.426. The minimum Gasteiger partial charge on any atom is -0.507 e. The molecule has 1 saturated heterocycles. The Bertz CT molecular complexity index is 414. The van der Waals surface area contributed by atoms with Crippen LogP contribution in [0.15, 0.2) is 24.3 Å². The number of aliphatic hydroxyl groups is 1. The van der Waals surface area contributed by atoms with Gasteiger partial charge >= 0.3 is 0 Å². The quantitative estimate of drug-likeness (QED) is 0.588. The zero-order valence-corrected chi connectivity index (χ0v) is 9.44. The molecule has 1 fully saturated rings. The number of benzene rings is 1. The van der Waals surface area contributed by atoms with Gasteiger partial charge in [-0.2, -0.15) is 0 Å². The lowest BCUT2D eigenvalue weighted by molar-refractivity contribution is 0.0561. The number of phenolic OH excluding ortho intramolecular Hbond substituents is 1. The number of aromatic hydroxyl groups is 1. The van der Waals surface area contributed by atoms with Crippen molar-refractivity contribution in [3.05, 3.63) is 29.8 Å². The van der Waals surface area contributed by atoms with E-state index < -0.39 is 5.60 Å². The fraction of sp³-hybridized carbons (Fsp3) is 0.417. The molecule has 1 amide bonds. The summed E-state index contributed by atoms with van der Waals surface area (Å²) in [4.78, 5) is 11.8. The van der Waals surface area contributed by atoms with Crippen molar-refractivity contribution in [1.82, 2.24) is 10.6 Å². The van der Waals surface area contributed by atoms with Crippen LogP contribution >= 0.6 is 0 Å². The zero-order valence-electron chi connectivity index (χ0n) is 9.44. The molecule has 4 N–H and O–H groups in total. The first kappa shape index (κ1) is 11.9. The second-order valence-corrected chi connectivity index (χ2v) is 4.35. The third kappa shape index (κ3) is 2.75. The number of amides is 1. The van der Waals surface area contributed by atoms with Gasteiger partial charge in [0.05, 0.1) is 11.2 Å². The molecule has 1 atom stereocenters. The smallest absolute Gasteiger partial charge is 0.255 e. The van der Waals surface area contributed by atoms with E-state index in [-0.39, 0.29) is 23.8 Å². The summed E-state index contributed by atoms with van der Waals surface area (Å²) in [5.41, 5.74) is -0.651. The molecule has 1 aromatic carbocycles. The summed E-state index contributed by atoms with van der Waals surface area (Å²) in [6, 6.07) is 6.34. The zero-order chi connectivity index (χ0) is 12.3. The standard InChI is InChI=1S/C12H16N2O3/c15-10-4-2-1-3-9(10)11(16)14-8-12(17)5-6-13-7-12/h1-4,13,15,17H,5-8H2,(H,14,16). The molecule has 0 bridgehead atoms. The number of β-amino-alcohol motifs (C(OH)–C–C–N with tert-alkyl or cyclic N) is 1. The van der Waals surface area contributed by atoms with Crippen molar-refractivity contribution in [2.75, 3.05) is 19.6 Å². The summed E-state index contributed by atoms with van der Waals surface area (Å²) in [6.07, 6.45) is 0.619. The molecule has 1 aliphatic heterocycles. The van der Waals surface area contributed by atoms with Gasteiger partial charge in [-0.15, -0.1) is 0 Å². The topological polar surface area (TPSA) is 81.6 Å². The minimum absolute atomic E-state index is 0.0541. The van der Waals surface area contributed by atoms with Crippen LogP contribution in [0.4, 0.5) is 0 Å². The van der Waals surface area contributed by atoms with Gasteiger partial charge in [0.1, 0.15) is 5.75 Å². The molecule has 2 rings (SSSR count). The maximum Gasteiger partial charge on any atom is 0.255 e. The van der Waals surface area contributed by atoms with Crippen molar-refractivity contribution in [1.29, 1.82) is 0 Å². The highest BCUT2D eigenvalue weighted by Gasteiger charge is 2.31. The number of para-hydroxylation sites is 1. The van der Waals surface area contributed by atoms with E-state index in [4.69, 9.17) is 0 Å². The highest BCUT2D eigenvalue weighted by molar-refractivity contribution is 5.96. The van der Waals surface area contributed by atoms with Gasteiger partial charge in [-0.25, -0.2) is 0 Å². The molecule has 1 heterocycles. The molecule has 0 aliphatic carbocycles. The van der Waals surface area contributed by atoms with Crippen LogP contribution in [-0.2, 0) is 0 Å². The van der Waals surface area contributed by atoms with Crippen LogP contribution in [0, 0.1) is 0 Å². The van der Waals surface area contributed by atoms with Crippen LogP contribution in [0.5, 0.6) is 5.75 Å². The molecule has 5 nitrogen and oxygen atoms in total. The van der Waals surface area contributed by atoms with E-state index in [0.717, 1.165) is 6.54 Å². The van der Waals surface area contributed by atoms with Gasteiger partial charge in [-0.3, -0.25) is 4.79 Å². The molecule has 0 aromatic heterocycles. The van der Waals surface area contributed by atoms with E-state index in [1.54, 1.807) is 18.2 Å². The lowest BCUT2D eigenvalue weighted by Gasteiger charge is -2.21. The third-order valence-electron chi connectivity index (χ3n) is 2.95. The molecular formula is C12H16N2O3. The molecule has 92 valence electrons. The van der Waals surface area contributed by atoms with Crippen LogP contribution in [0.25, 0.3) is 0 Å². The summed E-state index contributed by atoms with van der Waals surface area (Å²) in [7, 11) is 0. The molecule has 0 spiro atoms. The van der Waals surface area contributed by atoms with Crippen molar-refractivity contribution in [2.24, 2.45) is 0 Å². The van der Waals surface area contributed by atoms with Crippen LogP contribution < -0.4 is 10.6 Å². The number of carbonyl (C=O) groups is 1. The Morgan fingerprint density at radius 2 is 2.24 bits per heavy atom. The number of hydrogen-bond donors (Lipinski definition) is 4. The number of carbonyl (C=O) groups excluding carboxylic acids is 1. The van der Waals surface area contributed by atoms with Crippen molar-refractivity contribution in [3.63, 3.8) is 0 Å². The van der Waals surface area contributed by atoms with Crippen molar-refractivity contribution >= 4 is 5.91 Å². The van der Waals surface area contributed by atoms with Gasteiger partial charge < -0.3 is 20.8 Å². The Morgan fingerprint density at radius 1 is 1.47 bits per heavy atom. The van der Waals surface area contributed by atoms with Gasteiger partial charge in [0, 0.05) is 13.1 Å². The van der Waals surface area contributed by atoms with E-state index in [9.17, 15) is 15.0 Å². The second-order valence-electron chi connectivity index (χ2n) is 4.35. The molecule has 0 saturated carbocycles. The molecule has 17 heavy (non-hydrogen) atoms. The van der Waals surface area contributed by atoms with Crippen molar-refractivity contribution in [2.45, 2.75) is 12.0 Å². The van der Waals surface area contributed by atoms with E-state index >= 15 is 0 Å². The molecule has 0 radical (unpaired) electrons. The number of hydrogen-bond acceptors (Lipinski definition) is 4. The maximum atomic E-state index is 11.8. The predicted octanol–water partition coefficient (Wildman–Crippen LogP) is -0.154. The summed E-state index contributed by atoms with van der Waals surface area (Å²) >= 11 is 0. The average molecular weight is 236 g/mol. The van der Waals surface area contributed by atoms with E-state index in [2.05, 4.69) is 10.6 Å². The van der Waals surface area contributed by atoms with Crippen molar-refractivity contribution < 1.29 is 15.0 Å². The fourth-order valence-corrected chi connectivity index (χ4v) is 1.89. The number of phenols is 1. The largest absolute Gasteiger partial charge is 0.507 e. The molecule has 1 aliphatic rings. The number of nitrogens with one attached hydrogen (secondary N) is 2. The molecule has 5 heteroatoms. The van der Waals surface area contributed by atoms with E-state index in [1.165, 1.54) is 6.07 Å². The second kappa shape index (κ2) is 4.73. The van der Waals surface area contributed by atoms with Crippen LogP contribution in [0.3, 0.4) is 0 Å². The van der Waals surface area contributed by atoms with Gasteiger partial charge in [0.2, 0.25) is 0 Å². The Kier molecular flexibility index (Phi) is 3.31. The lowest BCUT2D eigenvalue weighted by atomic mass is 10.0. The van der Waals surface area contributed by atoms with Crippen LogP contribution in [0.1, 0.15) is 16.8 Å². The Balaban J connectivity index is 1.96. The van der Waals surface area contributed by atoms with Gasteiger partial charge in [0.15, 0.2) is 0 Å². The van der Waals surface area contributed by atoms with Crippen LogP contribution in [-0.4, -0.2) is 41.4 Å². The fourth-order valence-electron chi connectivity index (χ4n) is 1.89. The molecule has 1 aromatic rings. The highest BCUT2D eigenvalue weighted by Crippen LogP contribution is 2.16. The van der Waals surface area contributed by atoms with Gasteiger partial charge in [-0.05, 0) is 25.1 Å². The number of rotatable bonds is 3. The summed E-state index contributed by atoms with van der Waals surface area (Å²) in [5, 5.41) is 25.2. The maximum absolute atomic E-state index is 11.8. The summed E-state index contributed by atoms with van der Waals surface area (Å²) < 4.78 is 0. The molecular weight excluding hydrogens is 220 g/mol. The van der Waals surface area contributed by atoms with Crippen LogP contribution in [0.2, 0.25) is 0 Å². The van der Waals surface area contributed by atoms with E-state index in [1.807, 2.05) is 0 Å². The highest BCUT2D eigenvalue weighted by atomic mass is 16.3. The lowest BCUT2D eigenvalue weighted by Crippen LogP contribution is -2.44. The van der Waals surface area contributed by atoms with E-state index in [0.29, 0.717) is 13.0 Å². The first-order valence-corrected chi connectivity index (χ1v) is 5.60. The normalized spacial score (nSPS) is 23.6. The Labute approximate surface area is 99.5 Å². The molecule has 1 unspecified atom stereocenters. The van der Waals surface area contributed by atoms with Gasteiger partial charge in [-0.1, -0.05) is 12.1 Å². The SMILES string of the molecule is O=C(NCC1(O)CCNC1)c1ccccc1O. The Morgan fingerprint density at radius 3 is 2.88 bits per heavy atom. The summed E-state index contributed by atoms with van der Waals surface area (Å²) in [6.45, 7) is 1.42. The monoisotopic (exact) mass is 236 g/mol. The minimum atomic E-state index is -0.875. The first-order chi connectivity index (χ1) is 8.11. The van der Waals surface area contributed by atoms with Crippen molar-refractivity contribution in [3.8, 4) is 5.75 Å². The average Bonchev–Trinajstić information content (AvgIpc) is 2.74. The first-order valence-electron chi connectivity index (χ1n) is 5.60. The predicted molar refractivity (Wildman–Crippen MR) is 62.9 cm³/mol.